The number of rotatable bonds is 5. The van der Waals surface area contributed by atoms with E-state index in [1.807, 2.05) is 11.3 Å². The molecule has 1 atom stereocenters. The van der Waals surface area contributed by atoms with Crippen LogP contribution in [0.5, 0.6) is 0 Å². The molecule has 21 heavy (non-hydrogen) atoms. The van der Waals surface area contributed by atoms with E-state index < -0.39 is 6.10 Å². The van der Waals surface area contributed by atoms with Crippen LogP contribution in [0.2, 0.25) is 0 Å². The second kappa shape index (κ2) is 6.87. The summed E-state index contributed by atoms with van der Waals surface area (Å²) in [4.78, 5) is 18.8. The molecular weight excluding hydrogens is 286 g/mol. The second-order valence-electron chi connectivity index (χ2n) is 5.85. The van der Waals surface area contributed by atoms with Crippen LogP contribution in [0.25, 0.3) is 0 Å². The fraction of sp³-hybridized carbons (Fsp3) is 0.667. The molecule has 2 fully saturated rings. The van der Waals surface area contributed by atoms with Crippen molar-refractivity contribution in [2.24, 2.45) is 5.73 Å². The summed E-state index contributed by atoms with van der Waals surface area (Å²) in [6.45, 7) is 6.49. The van der Waals surface area contributed by atoms with Gasteiger partial charge in [-0.2, -0.15) is 0 Å². The first kappa shape index (κ1) is 15.0. The number of nitrogens with zero attached hydrogens (tertiary/aromatic N) is 2. The zero-order chi connectivity index (χ0) is 14.7. The van der Waals surface area contributed by atoms with Crippen LogP contribution in [-0.4, -0.2) is 54.6 Å². The topological polar surface area (TPSA) is 58.8 Å². The molecule has 116 valence electrons. The zero-order valence-corrected chi connectivity index (χ0v) is 13.1. The molecule has 6 heteroatoms. The lowest BCUT2D eigenvalue weighted by atomic mass is 10.2. The van der Waals surface area contributed by atoms with Crippen molar-refractivity contribution in [3.05, 3.63) is 21.9 Å². The Morgan fingerprint density at radius 2 is 1.86 bits per heavy atom. The molecule has 5 nitrogen and oxygen atoms in total. The summed E-state index contributed by atoms with van der Waals surface area (Å²) in [5.74, 6) is -0.361. The number of carbonyl (C=O) groups excluding carboxylic acids is 1. The predicted molar refractivity (Wildman–Crippen MR) is 83.0 cm³/mol. The summed E-state index contributed by atoms with van der Waals surface area (Å²) in [6.07, 6.45) is 2.21. The Kier molecular flexibility index (Phi) is 4.90. The van der Waals surface area contributed by atoms with Gasteiger partial charge in [-0.1, -0.05) is 0 Å². The van der Waals surface area contributed by atoms with Crippen LogP contribution < -0.4 is 5.73 Å². The van der Waals surface area contributed by atoms with E-state index in [0.29, 0.717) is 13.2 Å². The Morgan fingerprint density at radius 1 is 1.19 bits per heavy atom. The molecule has 3 rings (SSSR count). The van der Waals surface area contributed by atoms with E-state index >= 15 is 0 Å². The average Bonchev–Trinajstić information content (AvgIpc) is 3.12. The number of carbonyl (C=O) groups is 1. The first-order valence-corrected chi connectivity index (χ1v) is 8.45. The maximum Gasteiger partial charge on any atom is 0.247 e. The number of primary amides is 1. The van der Waals surface area contributed by atoms with Crippen molar-refractivity contribution in [3.63, 3.8) is 0 Å². The van der Waals surface area contributed by atoms with Gasteiger partial charge in [-0.05, 0) is 38.1 Å². The fourth-order valence-corrected chi connectivity index (χ4v) is 4.10. The van der Waals surface area contributed by atoms with Gasteiger partial charge in [-0.15, -0.1) is 11.3 Å². The van der Waals surface area contributed by atoms with Crippen molar-refractivity contribution < 1.29 is 9.53 Å². The predicted octanol–water partition coefficient (Wildman–Crippen LogP) is 1.03. The standard InChI is InChI=1S/C15H23N3O2S/c16-15(19)14-11-18(7-8-20-14)10-13-4-3-12(21-13)9-17-5-1-2-6-17/h3-4,14H,1-2,5-11H2,(H2,16,19)/t14-/m0/s1. The van der Waals surface area contributed by atoms with E-state index in [1.54, 1.807) is 0 Å². The van der Waals surface area contributed by atoms with Crippen LogP contribution in [0.3, 0.4) is 0 Å². The Hall–Kier alpha value is -0.950. The third kappa shape index (κ3) is 4.03. The van der Waals surface area contributed by atoms with Crippen LogP contribution in [0.15, 0.2) is 12.1 Å². The van der Waals surface area contributed by atoms with Crippen molar-refractivity contribution in [3.8, 4) is 0 Å². The number of nitrogens with two attached hydrogens (primary N) is 1. The van der Waals surface area contributed by atoms with Crippen LogP contribution in [0, 0.1) is 0 Å². The van der Waals surface area contributed by atoms with Crippen molar-refractivity contribution in [2.45, 2.75) is 32.0 Å². The van der Waals surface area contributed by atoms with Gasteiger partial charge in [0.1, 0.15) is 6.10 Å². The lowest BCUT2D eigenvalue weighted by Crippen LogP contribution is -2.47. The van der Waals surface area contributed by atoms with Gasteiger partial charge in [0.15, 0.2) is 0 Å². The monoisotopic (exact) mass is 309 g/mol. The Morgan fingerprint density at radius 3 is 2.52 bits per heavy atom. The number of amides is 1. The van der Waals surface area contributed by atoms with Gasteiger partial charge in [0.05, 0.1) is 6.61 Å². The van der Waals surface area contributed by atoms with Crippen molar-refractivity contribution in [1.29, 1.82) is 0 Å². The van der Waals surface area contributed by atoms with Gasteiger partial charge in [-0.25, -0.2) is 0 Å². The van der Waals surface area contributed by atoms with Crippen molar-refractivity contribution in [2.75, 3.05) is 32.8 Å². The minimum atomic E-state index is -0.456. The number of ether oxygens (including phenoxy) is 1. The lowest BCUT2D eigenvalue weighted by Gasteiger charge is -2.30. The van der Waals surface area contributed by atoms with Gasteiger partial charge in [-0.3, -0.25) is 14.6 Å². The highest BCUT2D eigenvalue weighted by Crippen LogP contribution is 2.22. The number of hydrogen-bond acceptors (Lipinski definition) is 5. The molecule has 1 aromatic heterocycles. The van der Waals surface area contributed by atoms with Crippen LogP contribution in [-0.2, 0) is 22.6 Å². The zero-order valence-electron chi connectivity index (χ0n) is 12.3. The molecule has 0 aliphatic carbocycles. The average molecular weight is 309 g/mol. The molecule has 0 saturated carbocycles. The molecule has 1 amide bonds. The summed E-state index contributed by atoms with van der Waals surface area (Å²) in [6, 6.07) is 4.45. The van der Waals surface area contributed by atoms with Gasteiger partial charge in [0, 0.05) is 35.9 Å². The molecule has 0 unspecified atom stereocenters. The number of morpholine rings is 1. The highest BCUT2D eigenvalue weighted by atomic mass is 32.1. The van der Waals surface area contributed by atoms with Gasteiger partial charge < -0.3 is 10.5 Å². The molecule has 3 heterocycles. The molecule has 2 aliphatic heterocycles. The summed E-state index contributed by atoms with van der Waals surface area (Å²) in [5.41, 5.74) is 5.32. The molecular formula is C15H23N3O2S. The van der Waals surface area contributed by atoms with Gasteiger partial charge >= 0.3 is 0 Å². The third-order valence-corrected chi connectivity index (χ3v) is 5.20. The summed E-state index contributed by atoms with van der Waals surface area (Å²) < 4.78 is 5.38. The second-order valence-corrected chi connectivity index (χ2v) is 7.10. The number of thiophene rings is 1. The number of likely N-dealkylation sites (tertiary alicyclic amines) is 1. The minimum absolute atomic E-state index is 0.361. The van der Waals surface area contributed by atoms with Crippen LogP contribution >= 0.6 is 11.3 Å². The Balaban J connectivity index is 1.52. The largest absolute Gasteiger partial charge is 0.367 e. The molecule has 2 saturated heterocycles. The highest BCUT2D eigenvalue weighted by Gasteiger charge is 2.25. The summed E-state index contributed by atoms with van der Waals surface area (Å²) in [5, 5.41) is 0. The molecule has 0 bridgehead atoms. The first-order valence-electron chi connectivity index (χ1n) is 7.64. The molecule has 0 spiro atoms. The maximum absolute atomic E-state index is 11.2. The van der Waals surface area contributed by atoms with E-state index in [0.717, 1.165) is 19.6 Å². The Bertz CT molecular complexity index is 485. The minimum Gasteiger partial charge on any atom is -0.367 e. The molecule has 0 radical (unpaired) electrons. The van der Waals surface area contributed by atoms with Gasteiger partial charge in [0.25, 0.3) is 0 Å². The van der Waals surface area contributed by atoms with Crippen LogP contribution in [0.4, 0.5) is 0 Å². The lowest BCUT2D eigenvalue weighted by molar-refractivity contribution is -0.135. The summed E-state index contributed by atoms with van der Waals surface area (Å²) >= 11 is 1.88. The number of hydrogen-bond donors (Lipinski definition) is 1. The van der Waals surface area contributed by atoms with Gasteiger partial charge in [0.2, 0.25) is 5.91 Å². The SMILES string of the molecule is NC(=O)[C@@H]1CN(Cc2ccc(CN3CCCC3)s2)CCO1. The van der Waals surface area contributed by atoms with E-state index in [2.05, 4.69) is 21.9 Å². The molecule has 2 aliphatic rings. The fourth-order valence-electron chi connectivity index (χ4n) is 2.99. The van der Waals surface area contributed by atoms with E-state index in [-0.39, 0.29) is 5.91 Å². The first-order chi connectivity index (χ1) is 10.2. The van der Waals surface area contributed by atoms with E-state index in [4.69, 9.17) is 10.5 Å². The van der Waals surface area contributed by atoms with Crippen molar-refractivity contribution >= 4 is 17.2 Å². The van der Waals surface area contributed by atoms with Crippen molar-refractivity contribution in [1.82, 2.24) is 9.80 Å². The van der Waals surface area contributed by atoms with E-state index in [9.17, 15) is 4.79 Å². The third-order valence-electron chi connectivity index (χ3n) is 4.14. The molecule has 1 aromatic rings. The maximum atomic E-state index is 11.2. The summed E-state index contributed by atoms with van der Waals surface area (Å²) in [7, 11) is 0. The Labute approximate surface area is 129 Å². The molecule has 0 aromatic carbocycles. The molecule has 2 N–H and O–H groups in total. The van der Waals surface area contributed by atoms with Crippen LogP contribution in [0.1, 0.15) is 22.6 Å². The quantitative estimate of drug-likeness (QED) is 0.882. The smallest absolute Gasteiger partial charge is 0.247 e. The van der Waals surface area contributed by atoms with E-state index in [1.165, 1.54) is 35.7 Å². The normalized spacial score (nSPS) is 24.5. The highest BCUT2D eigenvalue weighted by molar-refractivity contribution is 7.11.